The number of ether oxygens (including phenoxy) is 1. The van der Waals surface area contributed by atoms with Crippen LogP contribution >= 0.6 is 35.3 Å². The molecule has 0 amide bonds. The number of nitrogens with one attached hydrogen (secondary N) is 2. The maximum atomic E-state index is 5.60. The number of guanidine groups is 1. The average molecular weight is 556 g/mol. The molecular weight excluding hydrogens is 521 g/mol. The van der Waals surface area contributed by atoms with Crippen molar-refractivity contribution in [3.63, 3.8) is 0 Å². The summed E-state index contributed by atoms with van der Waals surface area (Å²) in [5.41, 5.74) is 2.43. The second kappa shape index (κ2) is 12.1. The number of benzene rings is 1. The molecule has 1 aromatic carbocycles. The van der Waals surface area contributed by atoms with E-state index < -0.39 is 0 Å². The molecule has 2 heterocycles. The Hall–Kier alpha value is -1.23. The molecule has 6 nitrogen and oxygen atoms in total. The minimum atomic E-state index is 0. The third-order valence-electron chi connectivity index (χ3n) is 6.28. The van der Waals surface area contributed by atoms with Crippen molar-refractivity contribution in [1.29, 1.82) is 0 Å². The van der Waals surface area contributed by atoms with Crippen molar-refractivity contribution in [2.75, 3.05) is 39.9 Å². The highest BCUT2D eigenvalue weighted by atomic mass is 127. The van der Waals surface area contributed by atoms with Gasteiger partial charge in [0.25, 0.3) is 0 Å². The molecular formula is C23H34IN5OS. The van der Waals surface area contributed by atoms with Gasteiger partial charge in [0.05, 0.1) is 25.5 Å². The van der Waals surface area contributed by atoms with Crippen LogP contribution in [0.5, 0.6) is 0 Å². The molecule has 8 heteroatoms. The number of rotatable bonds is 6. The molecule has 0 atom stereocenters. The van der Waals surface area contributed by atoms with Crippen LogP contribution in [0.25, 0.3) is 10.6 Å². The Kier molecular flexibility index (Phi) is 9.55. The smallest absolute Gasteiger partial charge is 0.191 e. The van der Waals surface area contributed by atoms with Gasteiger partial charge in [0.1, 0.15) is 5.01 Å². The van der Waals surface area contributed by atoms with E-state index in [-0.39, 0.29) is 29.5 Å². The Morgan fingerprint density at radius 3 is 2.58 bits per heavy atom. The number of morpholine rings is 1. The van der Waals surface area contributed by atoms with Crippen molar-refractivity contribution in [1.82, 2.24) is 20.5 Å². The molecule has 1 saturated heterocycles. The van der Waals surface area contributed by atoms with Crippen LogP contribution in [0.3, 0.4) is 0 Å². The number of hydrogen-bond acceptors (Lipinski definition) is 5. The van der Waals surface area contributed by atoms with E-state index in [1.54, 1.807) is 11.3 Å². The molecule has 1 saturated carbocycles. The number of nitrogens with zero attached hydrogens (tertiary/aromatic N) is 3. The lowest BCUT2D eigenvalue weighted by Gasteiger charge is -2.48. The second-order valence-electron chi connectivity index (χ2n) is 8.17. The minimum absolute atomic E-state index is 0. The lowest BCUT2D eigenvalue weighted by molar-refractivity contribution is -0.0352. The minimum Gasteiger partial charge on any atom is -0.379 e. The predicted octanol–water partition coefficient (Wildman–Crippen LogP) is 4.13. The van der Waals surface area contributed by atoms with E-state index in [0.717, 1.165) is 49.5 Å². The SMILES string of the molecule is CN=C(NCc1csc(-c2ccccc2)n1)NCC1(N2CCOCC2)CCCCC1.I. The Bertz CT molecular complexity index is 816. The molecule has 0 bridgehead atoms. The highest BCUT2D eigenvalue weighted by Crippen LogP contribution is 2.33. The molecule has 31 heavy (non-hydrogen) atoms. The van der Waals surface area contributed by atoms with E-state index in [1.165, 1.54) is 37.7 Å². The zero-order chi connectivity index (χ0) is 20.7. The summed E-state index contributed by atoms with van der Waals surface area (Å²) in [6.45, 7) is 5.38. The van der Waals surface area contributed by atoms with Gasteiger partial charge in [0.2, 0.25) is 0 Å². The van der Waals surface area contributed by atoms with Crippen LogP contribution < -0.4 is 10.6 Å². The van der Waals surface area contributed by atoms with E-state index in [1.807, 2.05) is 13.1 Å². The largest absolute Gasteiger partial charge is 0.379 e. The molecule has 4 rings (SSSR count). The molecule has 170 valence electrons. The number of hydrogen-bond donors (Lipinski definition) is 2. The first kappa shape index (κ1) is 24.4. The first-order valence-corrected chi connectivity index (χ1v) is 11.9. The zero-order valence-electron chi connectivity index (χ0n) is 18.3. The van der Waals surface area contributed by atoms with Gasteiger partial charge in [-0.1, -0.05) is 49.6 Å². The van der Waals surface area contributed by atoms with E-state index in [4.69, 9.17) is 9.72 Å². The normalized spacial score (nSPS) is 19.5. The van der Waals surface area contributed by atoms with Crippen molar-refractivity contribution in [3.8, 4) is 10.6 Å². The van der Waals surface area contributed by atoms with Gasteiger partial charge in [-0.05, 0) is 12.8 Å². The van der Waals surface area contributed by atoms with Crippen molar-refractivity contribution in [3.05, 3.63) is 41.4 Å². The first-order chi connectivity index (χ1) is 14.8. The third-order valence-corrected chi connectivity index (χ3v) is 7.22. The summed E-state index contributed by atoms with van der Waals surface area (Å²) in [7, 11) is 1.84. The van der Waals surface area contributed by atoms with Crippen LogP contribution in [-0.4, -0.2) is 61.3 Å². The molecule has 1 aromatic heterocycles. The van der Waals surface area contributed by atoms with Gasteiger partial charge in [-0.15, -0.1) is 35.3 Å². The number of aromatic nitrogens is 1. The quantitative estimate of drug-likeness (QED) is 0.319. The van der Waals surface area contributed by atoms with Crippen molar-refractivity contribution in [2.45, 2.75) is 44.2 Å². The molecule has 1 aliphatic heterocycles. The van der Waals surface area contributed by atoms with Gasteiger partial charge in [0, 0.05) is 43.2 Å². The monoisotopic (exact) mass is 555 g/mol. The van der Waals surface area contributed by atoms with Gasteiger partial charge < -0.3 is 15.4 Å². The van der Waals surface area contributed by atoms with Crippen LogP contribution in [0.2, 0.25) is 0 Å². The fourth-order valence-corrected chi connectivity index (χ4v) is 5.42. The molecule has 2 aromatic rings. The van der Waals surface area contributed by atoms with Crippen LogP contribution in [0, 0.1) is 0 Å². The predicted molar refractivity (Wildman–Crippen MR) is 139 cm³/mol. The molecule has 0 unspecified atom stereocenters. The summed E-state index contributed by atoms with van der Waals surface area (Å²) < 4.78 is 5.60. The van der Waals surface area contributed by atoms with Crippen molar-refractivity contribution < 1.29 is 4.74 Å². The molecule has 2 aliphatic rings. The zero-order valence-corrected chi connectivity index (χ0v) is 21.5. The van der Waals surface area contributed by atoms with E-state index in [9.17, 15) is 0 Å². The molecule has 1 aliphatic carbocycles. The Labute approximate surface area is 206 Å². The lowest BCUT2D eigenvalue weighted by atomic mass is 9.80. The van der Waals surface area contributed by atoms with Crippen molar-refractivity contribution >= 4 is 41.3 Å². The summed E-state index contributed by atoms with van der Waals surface area (Å²) in [5, 5.41) is 10.3. The number of halogens is 1. The topological polar surface area (TPSA) is 61.8 Å². The van der Waals surface area contributed by atoms with Crippen LogP contribution in [0.4, 0.5) is 0 Å². The summed E-state index contributed by atoms with van der Waals surface area (Å²) in [4.78, 5) is 11.9. The Morgan fingerprint density at radius 2 is 1.87 bits per heavy atom. The van der Waals surface area contributed by atoms with Gasteiger partial charge in [-0.3, -0.25) is 9.89 Å². The molecule has 0 spiro atoms. The maximum Gasteiger partial charge on any atom is 0.191 e. The van der Waals surface area contributed by atoms with E-state index in [0.29, 0.717) is 6.54 Å². The van der Waals surface area contributed by atoms with Crippen LogP contribution in [-0.2, 0) is 11.3 Å². The third kappa shape index (κ3) is 6.40. The van der Waals surface area contributed by atoms with Crippen LogP contribution in [0.15, 0.2) is 40.7 Å². The van der Waals surface area contributed by atoms with Gasteiger partial charge in [-0.2, -0.15) is 0 Å². The first-order valence-electron chi connectivity index (χ1n) is 11.1. The average Bonchev–Trinajstić information content (AvgIpc) is 3.30. The standard InChI is InChI=1S/C23H33N5OS.HI/c1-24-22(25-16-20-17-30-21(27-20)19-8-4-2-5-9-19)26-18-23(10-6-3-7-11-23)28-12-14-29-15-13-28;/h2,4-5,8-9,17H,3,6-7,10-16,18H2,1H3,(H2,24,25,26);1H. The summed E-state index contributed by atoms with van der Waals surface area (Å²) in [5.74, 6) is 0.850. The molecule has 2 fully saturated rings. The summed E-state index contributed by atoms with van der Waals surface area (Å²) in [6, 6.07) is 10.3. The molecule has 0 radical (unpaired) electrons. The van der Waals surface area contributed by atoms with Gasteiger partial charge >= 0.3 is 0 Å². The van der Waals surface area contributed by atoms with Crippen LogP contribution in [0.1, 0.15) is 37.8 Å². The summed E-state index contributed by atoms with van der Waals surface area (Å²) >= 11 is 1.69. The van der Waals surface area contributed by atoms with Crippen molar-refractivity contribution in [2.24, 2.45) is 4.99 Å². The van der Waals surface area contributed by atoms with Gasteiger partial charge in [0.15, 0.2) is 5.96 Å². The van der Waals surface area contributed by atoms with Gasteiger partial charge in [-0.25, -0.2) is 4.98 Å². The fourth-order valence-electron chi connectivity index (χ4n) is 4.60. The maximum absolute atomic E-state index is 5.60. The Balaban J connectivity index is 0.00000272. The Morgan fingerprint density at radius 1 is 1.13 bits per heavy atom. The van der Waals surface area contributed by atoms with E-state index in [2.05, 4.69) is 50.2 Å². The lowest BCUT2D eigenvalue weighted by Crippen LogP contribution is -2.60. The second-order valence-corrected chi connectivity index (χ2v) is 9.03. The highest BCUT2D eigenvalue weighted by molar-refractivity contribution is 14.0. The fraction of sp³-hybridized carbons (Fsp3) is 0.565. The van der Waals surface area contributed by atoms with E-state index >= 15 is 0 Å². The highest BCUT2D eigenvalue weighted by Gasteiger charge is 2.38. The summed E-state index contributed by atoms with van der Waals surface area (Å²) in [6.07, 6.45) is 6.48. The number of aliphatic imine (C=N–C) groups is 1. The number of thiazole rings is 1. The molecule has 2 N–H and O–H groups in total.